The van der Waals surface area contributed by atoms with Crippen molar-refractivity contribution in [2.45, 2.75) is 13.3 Å². The molecule has 31 heavy (non-hydrogen) atoms. The third kappa shape index (κ3) is 2.68. The van der Waals surface area contributed by atoms with Gasteiger partial charge in [0.1, 0.15) is 11.0 Å². The number of aromatic nitrogens is 4. The Balaban J connectivity index is 2.12. The summed E-state index contributed by atoms with van der Waals surface area (Å²) in [5.74, 6) is 0.350. The minimum absolute atomic E-state index is 0.0711. The zero-order chi connectivity index (χ0) is 21.7. The van der Waals surface area contributed by atoms with Crippen molar-refractivity contribution in [3.63, 3.8) is 0 Å². The number of aryl methyl sites for hydroxylation is 2. The first kappa shape index (κ1) is 18.8. The first-order valence-corrected chi connectivity index (χ1v) is 9.84. The lowest BCUT2D eigenvalue weighted by molar-refractivity contribution is 0.539. The van der Waals surface area contributed by atoms with E-state index in [2.05, 4.69) is 4.98 Å². The van der Waals surface area contributed by atoms with E-state index < -0.39 is 16.8 Å². The Kier molecular flexibility index (Phi) is 4.21. The molecule has 0 atom stereocenters. The van der Waals surface area contributed by atoms with Crippen molar-refractivity contribution in [2.75, 3.05) is 0 Å². The van der Waals surface area contributed by atoms with Gasteiger partial charge >= 0.3 is 5.69 Å². The molecule has 0 spiro atoms. The fourth-order valence-corrected chi connectivity index (χ4v) is 3.81. The molecule has 0 N–H and O–H groups in total. The molecule has 0 aliphatic carbocycles. The van der Waals surface area contributed by atoms with E-state index in [1.165, 1.54) is 16.2 Å². The molecule has 0 bridgehead atoms. The Hall–Kier alpha value is -4.20. The van der Waals surface area contributed by atoms with Crippen LogP contribution in [-0.4, -0.2) is 18.7 Å². The lowest BCUT2D eigenvalue weighted by Gasteiger charge is -2.16. The molecule has 0 saturated heterocycles. The number of fused-ring (bicyclic) bond motifs is 3. The molecular weight excluding hydrogens is 396 g/mol. The van der Waals surface area contributed by atoms with Crippen molar-refractivity contribution in [2.24, 2.45) is 7.05 Å². The number of pyridine rings is 1. The van der Waals surface area contributed by atoms with Crippen LogP contribution in [0.3, 0.4) is 0 Å². The van der Waals surface area contributed by atoms with Gasteiger partial charge in [0, 0.05) is 13.5 Å². The van der Waals surface area contributed by atoms with Crippen LogP contribution in [0, 0.1) is 0 Å². The van der Waals surface area contributed by atoms with E-state index in [1.54, 1.807) is 54.6 Å². The average molecular weight is 414 g/mol. The summed E-state index contributed by atoms with van der Waals surface area (Å²) in [7, 11) is 1.52. The summed E-state index contributed by atoms with van der Waals surface area (Å²) in [5, 5.41) is 0.122. The van der Waals surface area contributed by atoms with Gasteiger partial charge in [-0.15, -0.1) is 0 Å². The van der Waals surface area contributed by atoms with E-state index in [-0.39, 0.29) is 22.1 Å². The molecule has 8 nitrogen and oxygen atoms in total. The highest BCUT2D eigenvalue weighted by molar-refractivity contribution is 5.99. The topological polar surface area (TPSA) is 92.0 Å². The molecule has 0 aliphatic heterocycles. The SMILES string of the molecule is CCc1nc2c(=O)n(C)c3c(c(=O)n(-c4ccccc4)c(=O)n3-c3ccccc3)c2o1. The summed E-state index contributed by atoms with van der Waals surface area (Å²) in [6.07, 6.45) is 0.463. The van der Waals surface area contributed by atoms with Gasteiger partial charge in [-0.2, -0.15) is 0 Å². The molecule has 3 aromatic heterocycles. The normalized spacial score (nSPS) is 11.4. The van der Waals surface area contributed by atoms with Crippen LogP contribution < -0.4 is 16.8 Å². The maximum atomic E-state index is 13.7. The van der Waals surface area contributed by atoms with Gasteiger partial charge in [0.2, 0.25) is 0 Å². The van der Waals surface area contributed by atoms with Gasteiger partial charge in [0.25, 0.3) is 11.1 Å². The summed E-state index contributed by atoms with van der Waals surface area (Å²) in [5.41, 5.74) is -0.335. The van der Waals surface area contributed by atoms with Crippen LogP contribution in [0.4, 0.5) is 0 Å². The molecule has 154 valence electrons. The highest BCUT2D eigenvalue weighted by atomic mass is 16.3. The third-order valence-electron chi connectivity index (χ3n) is 5.29. The lowest BCUT2D eigenvalue weighted by Crippen LogP contribution is -2.40. The van der Waals surface area contributed by atoms with Crippen molar-refractivity contribution in [3.05, 3.63) is 97.7 Å². The molecule has 0 aliphatic rings. The van der Waals surface area contributed by atoms with Crippen molar-refractivity contribution < 1.29 is 4.42 Å². The van der Waals surface area contributed by atoms with E-state index in [4.69, 9.17) is 4.42 Å². The van der Waals surface area contributed by atoms with E-state index in [1.807, 2.05) is 13.0 Å². The molecule has 0 saturated carbocycles. The van der Waals surface area contributed by atoms with Gasteiger partial charge in [-0.3, -0.25) is 14.2 Å². The predicted molar refractivity (Wildman–Crippen MR) is 117 cm³/mol. The standard InChI is InChI=1S/C23H18N4O4/c1-3-16-24-18-19(31-16)17-20(25(2)22(18)29)26(14-10-6-4-7-11-14)23(30)27(21(17)28)15-12-8-5-9-13-15/h4-13H,3H2,1-2H3. The highest BCUT2D eigenvalue weighted by Gasteiger charge is 2.24. The molecule has 5 rings (SSSR count). The zero-order valence-electron chi connectivity index (χ0n) is 16.9. The molecular formula is C23H18N4O4. The number of rotatable bonds is 3. The van der Waals surface area contributed by atoms with E-state index in [0.29, 0.717) is 23.7 Å². The van der Waals surface area contributed by atoms with Crippen molar-refractivity contribution in [1.82, 2.24) is 18.7 Å². The van der Waals surface area contributed by atoms with Crippen molar-refractivity contribution in [3.8, 4) is 11.4 Å². The quantitative estimate of drug-likeness (QED) is 0.452. The molecule has 2 aromatic carbocycles. The Labute approximate surface area is 175 Å². The van der Waals surface area contributed by atoms with Crippen LogP contribution in [0.15, 0.2) is 79.5 Å². The summed E-state index contributed by atoms with van der Waals surface area (Å²) in [6, 6.07) is 17.5. The number of hydrogen-bond donors (Lipinski definition) is 0. The van der Waals surface area contributed by atoms with Gasteiger partial charge in [0.15, 0.2) is 17.0 Å². The maximum absolute atomic E-state index is 13.7. The second-order valence-electron chi connectivity index (χ2n) is 7.13. The summed E-state index contributed by atoms with van der Waals surface area (Å²) in [4.78, 5) is 44.6. The monoisotopic (exact) mass is 414 g/mol. The van der Waals surface area contributed by atoms with E-state index >= 15 is 0 Å². The van der Waals surface area contributed by atoms with E-state index in [9.17, 15) is 14.4 Å². The number of hydrogen-bond acceptors (Lipinski definition) is 5. The zero-order valence-corrected chi connectivity index (χ0v) is 16.9. The lowest BCUT2D eigenvalue weighted by atomic mass is 10.2. The first-order valence-electron chi connectivity index (χ1n) is 9.84. The van der Waals surface area contributed by atoms with Crippen LogP contribution >= 0.6 is 0 Å². The number of benzene rings is 2. The van der Waals surface area contributed by atoms with E-state index in [0.717, 1.165) is 4.57 Å². The molecule has 3 heterocycles. The smallest absolute Gasteiger partial charge is 0.341 e. The summed E-state index contributed by atoms with van der Waals surface area (Å²) >= 11 is 0. The Morgan fingerprint density at radius 2 is 1.42 bits per heavy atom. The van der Waals surface area contributed by atoms with Gasteiger partial charge in [-0.1, -0.05) is 43.3 Å². The Morgan fingerprint density at radius 1 is 0.839 bits per heavy atom. The van der Waals surface area contributed by atoms with Crippen LogP contribution in [0.1, 0.15) is 12.8 Å². The van der Waals surface area contributed by atoms with Crippen LogP contribution in [-0.2, 0) is 13.5 Å². The Morgan fingerprint density at radius 3 is 2.00 bits per heavy atom. The minimum atomic E-state index is -0.584. The number of para-hydroxylation sites is 2. The second kappa shape index (κ2) is 6.94. The van der Waals surface area contributed by atoms with Crippen LogP contribution in [0.25, 0.3) is 33.5 Å². The maximum Gasteiger partial charge on any atom is 0.341 e. The number of nitrogens with zero attached hydrogens (tertiary/aromatic N) is 4. The van der Waals surface area contributed by atoms with Crippen LogP contribution in [0.5, 0.6) is 0 Å². The van der Waals surface area contributed by atoms with Gasteiger partial charge < -0.3 is 4.42 Å². The molecule has 0 fully saturated rings. The minimum Gasteiger partial charge on any atom is -0.439 e. The third-order valence-corrected chi connectivity index (χ3v) is 5.29. The molecule has 0 amide bonds. The largest absolute Gasteiger partial charge is 0.439 e. The fraction of sp³-hybridized carbons (Fsp3) is 0.130. The Bertz CT molecular complexity index is 1620. The van der Waals surface area contributed by atoms with Crippen molar-refractivity contribution in [1.29, 1.82) is 0 Å². The highest BCUT2D eigenvalue weighted by Crippen LogP contribution is 2.22. The molecule has 0 unspecified atom stereocenters. The molecule has 8 heteroatoms. The fourth-order valence-electron chi connectivity index (χ4n) is 3.81. The van der Waals surface area contributed by atoms with Gasteiger partial charge in [-0.25, -0.2) is 18.9 Å². The molecule has 0 radical (unpaired) electrons. The van der Waals surface area contributed by atoms with Gasteiger partial charge in [-0.05, 0) is 24.3 Å². The second-order valence-corrected chi connectivity index (χ2v) is 7.13. The first-order chi connectivity index (χ1) is 15.0. The van der Waals surface area contributed by atoms with Gasteiger partial charge in [0.05, 0.1) is 11.4 Å². The summed E-state index contributed by atoms with van der Waals surface area (Å²) in [6.45, 7) is 1.85. The predicted octanol–water partition coefficient (Wildman–Crippen LogP) is 2.54. The van der Waals surface area contributed by atoms with Crippen molar-refractivity contribution >= 4 is 22.1 Å². The average Bonchev–Trinajstić information content (AvgIpc) is 3.23. The molecule has 5 aromatic rings. The number of oxazole rings is 1. The summed E-state index contributed by atoms with van der Waals surface area (Å²) < 4.78 is 9.55. The van der Waals surface area contributed by atoms with Crippen LogP contribution in [0.2, 0.25) is 0 Å².